The molecule has 0 saturated carbocycles. The second kappa shape index (κ2) is 2.94. The first-order valence-corrected chi connectivity index (χ1v) is 3.79. The molecule has 5 nitrogen and oxygen atoms in total. The molecule has 1 unspecified atom stereocenters. The van der Waals surface area contributed by atoms with Crippen molar-refractivity contribution in [3.8, 4) is 0 Å². The Morgan fingerprint density at radius 1 is 1.70 bits per heavy atom. The van der Waals surface area contributed by atoms with Crippen LogP contribution < -0.4 is 5.73 Å². The molecule has 0 spiro atoms. The summed E-state index contributed by atoms with van der Waals surface area (Å²) in [7, 11) is -3.11. The van der Waals surface area contributed by atoms with Crippen molar-refractivity contribution < 1.29 is 19.0 Å². The standard InChI is InChI=1S/C4H8NO4P/c1-2-4(5,3(6)7)10(8)9/h2,5H2,1H3,(H,6,7). The topological polar surface area (TPSA) is 97.5 Å². The highest BCUT2D eigenvalue weighted by atomic mass is 31.1. The summed E-state index contributed by atoms with van der Waals surface area (Å²) in [6.07, 6.45) is -0.124. The summed E-state index contributed by atoms with van der Waals surface area (Å²) in [4.78, 5) is 10.2. The lowest BCUT2D eigenvalue weighted by Gasteiger charge is -2.11. The minimum atomic E-state index is -3.11. The molecule has 0 bridgehead atoms. The Bertz CT molecular complexity index is 203. The van der Waals surface area contributed by atoms with Crippen molar-refractivity contribution in [1.82, 2.24) is 0 Å². The maximum absolute atomic E-state index is 10.2. The average molecular weight is 165 g/mol. The van der Waals surface area contributed by atoms with Crippen LogP contribution in [0.4, 0.5) is 0 Å². The number of nitrogens with two attached hydrogens (primary N) is 1. The summed E-state index contributed by atoms with van der Waals surface area (Å²) >= 11 is 0. The van der Waals surface area contributed by atoms with Gasteiger partial charge in [-0.05, 0) is 6.42 Å². The maximum Gasteiger partial charge on any atom is 0.347 e. The molecule has 0 aliphatic rings. The quantitative estimate of drug-likeness (QED) is 0.586. The lowest BCUT2D eigenvalue weighted by atomic mass is 10.2. The molecule has 0 aliphatic heterocycles. The molecule has 0 aromatic heterocycles. The van der Waals surface area contributed by atoms with Crippen molar-refractivity contribution in [2.75, 3.05) is 0 Å². The molecule has 0 aromatic rings. The van der Waals surface area contributed by atoms with Crippen molar-refractivity contribution in [1.29, 1.82) is 0 Å². The third-order valence-corrected chi connectivity index (χ3v) is 2.39. The lowest BCUT2D eigenvalue weighted by molar-refractivity contribution is -0.140. The molecule has 58 valence electrons. The van der Waals surface area contributed by atoms with E-state index < -0.39 is 18.9 Å². The first kappa shape index (κ1) is 9.33. The summed E-state index contributed by atoms with van der Waals surface area (Å²) in [5, 5.41) is 6.21. The van der Waals surface area contributed by atoms with E-state index in [2.05, 4.69) is 0 Å². The number of carboxylic acids is 1. The Labute approximate surface area is 58.0 Å². The Balaban J connectivity index is 4.73. The predicted molar refractivity (Wildman–Crippen MR) is 33.1 cm³/mol. The summed E-state index contributed by atoms with van der Waals surface area (Å²) in [6.45, 7) is 1.40. The van der Waals surface area contributed by atoms with Gasteiger partial charge in [-0.2, -0.15) is 0 Å². The van der Waals surface area contributed by atoms with Gasteiger partial charge < -0.3 is 10.8 Å². The molecule has 1 atom stereocenters. The zero-order valence-corrected chi connectivity index (χ0v) is 6.30. The van der Waals surface area contributed by atoms with Gasteiger partial charge in [-0.25, -0.2) is 13.9 Å². The Morgan fingerprint density at radius 2 is 2.10 bits per heavy atom. The zero-order valence-electron chi connectivity index (χ0n) is 5.40. The van der Waals surface area contributed by atoms with Gasteiger partial charge in [-0.3, -0.25) is 0 Å². The van der Waals surface area contributed by atoms with Gasteiger partial charge in [0.2, 0.25) is 5.28 Å². The first-order valence-electron chi connectivity index (χ1n) is 2.62. The highest BCUT2D eigenvalue weighted by Gasteiger charge is 2.38. The molecule has 0 rings (SSSR count). The number of carbonyl (C=O) groups is 1. The smallest absolute Gasteiger partial charge is 0.347 e. The van der Waals surface area contributed by atoms with Crippen LogP contribution >= 0.6 is 7.68 Å². The van der Waals surface area contributed by atoms with Crippen molar-refractivity contribution in [2.24, 2.45) is 5.73 Å². The fourth-order valence-corrected chi connectivity index (χ4v) is 0.773. The zero-order chi connectivity index (χ0) is 8.36. The number of hydrogen-bond acceptors (Lipinski definition) is 4. The summed E-state index contributed by atoms with van der Waals surface area (Å²) in [5.41, 5.74) is 4.99. The second-order valence-corrected chi connectivity index (χ2v) is 3.15. The van der Waals surface area contributed by atoms with Crippen molar-refractivity contribution in [3.05, 3.63) is 0 Å². The van der Waals surface area contributed by atoms with E-state index in [9.17, 15) is 13.9 Å². The molecular weight excluding hydrogens is 157 g/mol. The largest absolute Gasteiger partial charge is 0.479 e. The molecule has 0 amide bonds. The van der Waals surface area contributed by atoms with Crippen LogP contribution in [0.2, 0.25) is 0 Å². The molecule has 0 heterocycles. The van der Waals surface area contributed by atoms with E-state index in [4.69, 9.17) is 10.8 Å². The van der Waals surface area contributed by atoms with Gasteiger partial charge in [0.05, 0.1) is 0 Å². The van der Waals surface area contributed by atoms with E-state index in [-0.39, 0.29) is 6.42 Å². The van der Waals surface area contributed by atoms with Gasteiger partial charge in [-0.15, -0.1) is 0 Å². The molecule has 0 radical (unpaired) electrons. The Kier molecular flexibility index (Phi) is 2.75. The van der Waals surface area contributed by atoms with Crippen LogP contribution in [0.5, 0.6) is 0 Å². The van der Waals surface area contributed by atoms with Crippen molar-refractivity contribution in [3.63, 3.8) is 0 Å². The number of aliphatic carboxylic acids is 1. The van der Waals surface area contributed by atoms with Gasteiger partial charge in [0, 0.05) is 0 Å². The van der Waals surface area contributed by atoms with Gasteiger partial charge >= 0.3 is 13.6 Å². The normalized spacial score (nSPS) is 15.8. The molecule has 3 N–H and O–H groups in total. The number of hydrogen-bond donors (Lipinski definition) is 2. The van der Waals surface area contributed by atoms with E-state index in [0.29, 0.717) is 0 Å². The fourth-order valence-electron chi connectivity index (χ4n) is 0.358. The summed E-state index contributed by atoms with van der Waals surface area (Å²) < 4.78 is 20.4. The molecule has 0 saturated heterocycles. The summed E-state index contributed by atoms with van der Waals surface area (Å²) in [5.74, 6) is -1.51. The molecular formula is C4H8NO4P. The predicted octanol–water partition coefficient (Wildman–Crippen LogP) is 0.309. The fraction of sp³-hybridized carbons (Fsp3) is 0.750. The molecule has 10 heavy (non-hydrogen) atoms. The SMILES string of the molecule is CCC(N)(C(=O)O)P(=O)=O. The molecule has 6 heteroatoms. The number of rotatable bonds is 3. The third-order valence-electron chi connectivity index (χ3n) is 1.24. The monoisotopic (exact) mass is 165 g/mol. The van der Waals surface area contributed by atoms with E-state index in [1.165, 1.54) is 6.92 Å². The van der Waals surface area contributed by atoms with Crippen LogP contribution in [0.3, 0.4) is 0 Å². The Morgan fingerprint density at radius 3 is 2.10 bits per heavy atom. The number of carboxylic acid groups (broad SMARTS) is 1. The van der Waals surface area contributed by atoms with E-state index >= 15 is 0 Å². The van der Waals surface area contributed by atoms with Crippen LogP contribution in [-0.2, 0) is 13.9 Å². The van der Waals surface area contributed by atoms with Crippen LogP contribution in [-0.4, -0.2) is 16.4 Å². The van der Waals surface area contributed by atoms with Crippen molar-refractivity contribution >= 4 is 13.6 Å². The van der Waals surface area contributed by atoms with Crippen molar-refractivity contribution in [2.45, 2.75) is 18.6 Å². The van der Waals surface area contributed by atoms with Gasteiger partial charge in [0.25, 0.3) is 0 Å². The van der Waals surface area contributed by atoms with Crippen LogP contribution in [0.15, 0.2) is 0 Å². The van der Waals surface area contributed by atoms with Gasteiger partial charge in [-0.1, -0.05) is 6.92 Å². The van der Waals surface area contributed by atoms with E-state index in [0.717, 1.165) is 0 Å². The second-order valence-electron chi connectivity index (χ2n) is 1.84. The maximum atomic E-state index is 10.2. The molecule has 0 fully saturated rings. The van der Waals surface area contributed by atoms with Crippen LogP contribution in [0.1, 0.15) is 13.3 Å². The minimum absolute atomic E-state index is 0.124. The highest BCUT2D eigenvalue weighted by molar-refractivity contribution is 7.34. The minimum Gasteiger partial charge on any atom is -0.479 e. The van der Waals surface area contributed by atoms with Gasteiger partial charge in [0.1, 0.15) is 0 Å². The van der Waals surface area contributed by atoms with Gasteiger partial charge in [0.15, 0.2) is 0 Å². The average Bonchev–Trinajstić information content (AvgIpc) is 1.85. The van der Waals surface area contributed by atoms with Crippen LogP contribution in [0, 0.1) is 0 Å². The molecule has 0 aliphatic carbocycles. The highest BCUT2D eigenvalue weighted by Crippen LogP contribution is 2.26. The van der Waals surface area contributed by atoms with Crippen LogP contribution in [0.25, 0.3) is 0 Å². The summed E-state index contributed by atoms with van der Waals surface area (Å²) in [6, 6.07) is 0. The van der Waals surface area contributed by atoms with E-state index in [1.807, 2.05) is 0 Å². The third kappa shape index (κ3) is 1.43. The molecule has 0 aromatic carbocycles. The Hall–Kier alpha value is -0.670. The first-order chi connectivity index (χ1) is 4.45. The lowest BCUT2D eigenvalue weighted by Crippen LogP contribution is -2.42. The van der Waals surface area contributed by atoms with E-state index in [1.54, 1.807) is 0 Å².